The van der Waals surface area contributed by atoms with Gasteiger partial charge in [-0.2, -0.15) is 11.8 Å². The first-order chi connectivity index (χ1) is 6.61. The van der Waals surface area contributed by atoms with Gasteiger partial charge in [-0.05, 0) is 25.0 Å². The summed E-state index contributed by atoms with van der Waals surface area (Å²) in [5, 5.41) is 0.732. The Bertz CT molecular complexity index is 130. The first-order valence-electron chi connectivity index (χ1n) is 5.55. The van der Waals surface area contributed by atoms with E-state index in [9.17, 15) is 0 Å². The molecule has 2 nitrogen and oxygen atoms in total. The second-order valence-electron chi connectivity index (χ2n) is 3.92. The van der Waals surface area contributed by atoms with E-state index in [0.29, 0.717) is 6.54 Å². The van der Waals surface area contributed by atoms with E-state index in [1.165, 1.54) is 0 Å². The summed E-state index contributed by atoms with van der Waals surface area (Å²) in [5.41, 5.74) is 5.60. The SMILES string of the molecule is CCOC(CN)CCSC(C)C(C)C. The quantitative estimate of drug-likeness (QED) is 0.681. The molecular formula is C11H25NOS. The summed E-state index contributed by atoms with van der Waals surface area (Å²) >= 11 is 2.02. The molecule has 0 aromatic carbocycles. The standard InChI is InChI=1S/C11H25NOS/c1-5-13-11(8-12)6-7-14-10(4)9(2)3/h9-11H,5-8,12H2,1-4H3. The first-order valence-corrected chi connectivity index (χ1v) is 6.59. The Kier molecular flexibility index (Phi) is 8.73. The van der Waals surface area contributed by atoms with Crippen molar-refractivity contribution in [3.05, 3.63) is 0 Å². The summed E-state index contributed by atoms with van der Waals surface area (Å²) in [4.78, 5) is 0. The molecule has 2 atom stereocenters. The lowest BCUT2D eigenvalue weighted by Crippen LogP contribution is -2.24. The van der Waals surface area contributed by atoms with Crippen LogP contribution in [-0.2, 0) is 4.74 Å². The number of hydrogen-bond donors (Lipinski definition) is 1. The molecule has 2 N–H and O–H groups in total. The van der Waals surface area contributed by atoms with Crippen LogP contribution in [0.2, 0.25) is 0 Å². The van der Waals surface area contributed by atoms with E-state index < -0.39 is 0 Å². The zero-order chi connectivity index (χ0) is 11.0. The summed E-state index contributed by atoms with van der Waals surface area (Å²) < 4.78 is 5.50. The van der Waals surface area contributed by atoms with E-state index in [1.807, 2.05) is 18.7 Å². The van der Waals surface area contributed by atoms with Gasteiger partial charge in [-0.25, -0.2) is 0 Å². The van der Waals surface area contributed by atoms with Gasteiger partial charge >= 0.3 is 0 Å². The Morgan fingerprint density at radius 3 is 2.36 bits per heavy atom. The van der Waals surface area contributed by atoms with Crippen LogP contribution in [0.4, 0.5) is 0 Å². The van der Waals surface area contributed by atoms with Crippen LogP contribution in [0.1, 0.15) is 34.1 Å². The maximum Gasteiger partial charge on any atom is 0.0705 e. The van der Waals surface area contributed by atoms with Gasteiger partial charge in [0.2, 0.25) is 0 Å². The highest BCUT2D eigenvalue weighted by molar-refractivity contribution is 7.99. The van der Waals surface area contributed by atoms with Gasteiger partial charge in [-0.3, -0.25) is 0 Å². The fourth-order valence-corrected chi connectivity index (χ4v) is 2.24. The molecule has 0 aromatic rings. The molecule has 0 aliphatic heterocycles. The maximum atomic E-state index is 5.60. The summed E-state index contributed by atoms with van der Waals surface area (Å²) in [5.74, 6) is 1.91. The lowest BCUT2D eigenvalue weighted by Gasteiger charge is -2.18. The van der Waals surface area contributed by atoms with Crippen LogP contribution in [0.15, 0.2) is 0 Å². The minimum atomic E-state index is 0.256. The zero-order valence-electron chi connectivity index (χ0n) is 9.95. The predicted octanol–water partition coefficient (Wildman–Crippen LogP) is 2.52. The molecule has 14 heavy (non-hydrogen) atoms. The predicted molar refractivity (Wildman–Crippen MR) is 65.8 cm³/mol. The minimum absolute atomic E-state index is 0.256. The smallest absolute Gasteiger partial charge is 0.0705 e. The van der Waals surface area contributed by atoms with Crippen molar-refractivity contribution in [3.63, 3.8) is 0 Å². The molecule has 0 bridgehead atoms. The van der Waals surface area contributed by atoms with E-state index >= 15 is 0 Å². The lowest BCUT2D eigenvalue weighted by molar-refractivity contribution is 0.0674. The highest BCUT2D eigenvalue weighted by Crippen LogP contribution is 2.20. The molecular weight excluding hydrogens is 194 g/mol. The second kappa shape index (κ2) is 8.57. The summed E-state index contributed by atoms with van der Waals surface area (Å²) in [7, 11) is 0. The molecule has 0 saturated carbocycles. The van der Waals surface area contributed by atoms with E-state index in [0.717, 1.165) is 29.9 Å². The van der Waals surface area contributed by atoms with Crippen molar-refractivity contribution < 1.29 is 4.74 Å². The Hall–Kier alpha value is 0.270. The molecule has 2 unspecified atom stereocenters. The monoisotopic (exact) mass is 219 g/mol. The maximum absolute atomic E-state index is 5.60. The van der Waals surface area contributed by atoms with Crippen LogP contribution in [0.25, 0.3) is 0 Å². The van der Waals surface area contributed by atoms with Crippen LogP contribution in [-0.4, -0.2) is 30.3 Å². The number of ether oxygens (including phenoxy) is 1. The van der Waals surface area contributed by atoms with Crippen LogP contribution in [0, 0.1) is 5.92 Å². The van der Waals surface area contributed by atoms with Crippen molar-refractivity contribution in [2.24, 2.45) is 11.7 Å². The molecule has 3 heteroatoms. The van der Waals surface area contributed by atoms with Crippen molar-refractivity contribution >= 4 is 11.8 Å². The van der Waals surface area contributed by atoms with E-state index in [4.69, 9.17) is 10.5 Å². The minimum Gasteiger partial charge on any atom is -0.377 e. The molecule has 0 amide bonds. The van der Waals surface area contributed by atoms with Crippen molar-refractivity contribution in [1.82, 2.24) is 0 Å². The van der Waals surface area contributed by atoms with Crippen molar-refractivity contribution in [2.45, 2.75) is 45.5 Å². The summed E-state index contributed by atoms with van der Waals surface area (Å²) in [6, 6.07) is 0. The topological polar surface area (TPSA) is 35.2 Å². The molecule has 0 aliphatic rings. The summed E-state index contributed by atoms with van der Waals surface area (Å²) in [6.07, 6.45) is 1.33. The van der Waals surface area contributed by atoms with Crippen molar-refractivity contribution in [3.8, 4) is 0 Å². The molecule has 0 aliphatic carbocycles. The van der Waals surface area contributed by atoms with Gasteiger partial charge in [0, 0.05) is 18.4 Å². The summed E-state index contributed by atoms with van der Waals surface area (Å²) in [6.45, 7) is 10.2. The van der Waals surface area contributed by atoms with Gasteiger partial charge in [0.05, 0.1) is 6.10 Å². The first kappa shape index (κ1) is 14.3. The van der Waals surface area contributed by atoms with Crippen LogP contribution < -0.4 is 5.73 Å². The van der Waals surface area contributed by atoms with E-state index in [2.05, 4.69) is 20.8 Å². The largest absolute Gasteiger partial charge is 0.377 e. The Balaban J connectivity index is 3.50. The van der Waals surface area contributed by atoms with Crippen molar-refractivity contribution in [2.75, 3.05) is 18.9 Å². The third kappa shape index (κ3) is 6.68. The molecule has 0 radical (unpaired) electrons. The third-order valence-electron chi connectivity index (χ3n) is 2.42. The second-order valence-corrected chi connectivity index (χ2v) is 5.41. The van der Waals surface area contributed by atoms with E-state index in [-0.39, 0.29) is 6.10 Å². The normalized spacial score (nSPS) is 15.9. The third-order valence-corrected chi connectivity index (χ3v) is 3.97. The fraction of sp³-hybridized carbons (Fsp3) is 1.00. The van der Waals surface area contributed by atoms with Crippen LogP contribution >= 0.6 is 11.8 Å². The average molecular weight is 219 g/mol. The molecule has 0 fully saturated rings. The number of thioether (sulfide) groups is 1. The van der Waals surface area contributed by atoms with Crippen LogP contribution in [0.3, 0.4) is 0 Å². The molecule has 0 spiro atoms. The molecule has 0 rings (SSSR count). The van der Waals surface area contributed by atoms with Gasteiger partial charge in [0.1, 0.15) is 0 Å². The van der Waals surface area contributed by atoms with Crippen LogP contribution in [0.5, 0.6) is 0 Å². The van der Waals surface area contributed by atoms with E-state index in [1.54, 1.807) is 0 Å². The van der Waals surface area contributed by atoms with Gasteiger partial charge in [0.15, 0.2) is 0 Å². The van der Waals surface area contributed by atoms with Gasteiger partial charge in [-0.1, -0.05) is 20.8 Å². The number of nitrogens with two attached hydrogens (primary N) is 1. The van der Waals surface area contributed by atoms with Gasteiger partial charge < -0.3 is 10.5 Å². The van der Waals surface area contributed by atoms with Gasteiger partial charge in [0.25, 0.3) is 0 Å². The number of hydrogen-bond acceptors (Lipinski definition) is 3. The Labute approximate surface area is 93.0 Å². The average Bonchev–Trinajstić information content (AvgIpc) is 2.16. The lowest BCUT2D eigenvalue weighted by atomic mass is 10.2. The van der Waals surface area contributed by atoms with Crippen molar-refractivity contribution in [1.29, 1.82) is 0 Å². The highest BCUT2D eigenvalue weighted by atomic mass is 32.2. The fourth-order valence-electron chi connectivity index (χ4n) is 1.08. The highest BCUT2D eigenvalue weighted by Gasteiger charge is 2.10. The zero-order valence-corrected chi connectivity index (χ0v) is 10.8. The molecule has 0 heterocycles. The molecule has 86 valence electrons. The molecule has 0 aromatic heterocycles. The molecule has 0 saturated heterocycles. The number of rotatable bonds is 8. The Morgan fingerprint density at radius 1 is 1.29 bits per heavy atom. The Morgan fingerprint density at radius 2 is 1.93 bits per heavy atom. The van der Waals surface area contributed by atoms with Gasteiger partial charge in [-0.15, -0.1) is 0 Å².